The summed E-state index contributed by atoms with van der Waals surface area (Å²) >= 11 is 0. The summed E-state index contributed by atoms with van der Waals surface area (Å²) in [5.41, 5.74) is 3.64. The summed E-state index contributed by atoms with van der Waals surface area (Å²) in [7, 11) is 0. The predicted molar refractivity (Wildman–Crippen MR) is 61.6 cm³/mol. The molecule has 0 bridgehead atoms. The van der Waals surface area contributed by atoms with Gasteiger partial charge < -0.3 is 9.67 Å². The van der Waals surface area contributed by atoms with E-state index >= 15 is 0 Å². The van der Waals surface area contributed by atoms with Crippen LogP contribution in [0.5, 0.6) is 0 Å². The molecule has 1 aromatic heterocycles. The zero-order valence-electron chi connectivity index (χ0n) is 8.48. The highest BCUT2D eigenvalue weighted by molar-refractivity contribution is 5.84. The first-order valence-corrected chi connectivity index (χ1v) is 5.27. The number of benzene rings is 1. The molecular formula is C13H13NO. The minimum atomic E-state index is 0.182. The minimum Gasteiger partial charge on any atom is -0.392 e. The van der Waals surface area contributed by atoms with E-state index in [9.17, 15) is 0 Å². The van der Waals surface area contributed by atoms with Crippen LogP contribution in [0.2, 0.25) is 0 Å². The monoisotopic (exact) mass is 199 g/mol. The van der Waals surface area contributed by atoms with Gasteiger partial charge in [0.05, 0.1) is 6.61 Å². The number of fused-ring (bicyclic) bond motifs is 3. The maximum Gasteiger partial charge on any atom is 0.0646 e. The first-order chi connectivity index (χ1) is 7.38. The molecule has 2 heteroatoms. The van der Waals surface area contributed by atoms with Gasteiger partial charge in [-0.2, -0.15) is 0 Å². The number of aliphatic hydroxyl groups excluding tert-OH is 1. The molecule has 0 radical (unpaired) electrons. The van der Waals surface area contributed by atoms with E-state index in [0.29, 0.717) is 0 Å². The molecule has 0 unspecified atom stereocenters. The molecule has 76 valence electrons. The summed E-state index contributed by atoms with van der Waals surface area (Å²) < 4.78 is 2.31. The summed E-state index contributed by atoms with van der Waals surface area (Å²) in [6.45, 7) is 1.16. The minimum absolute atomic E-state index is 0.182. The van der Waals surface area contributed by atoms with Crippen LogP contribution in [0, 0.1) is 0 Å². The van der Waals surface area contributed by atoms with E-state index in [1.807, 2.05) is 0 Å². The van der Waals surface area contributed by atoms with Crippen LogP contribution in [-0.2, 0) is 6.54 Å². The number of para-hydroxylation sites is 1. The molecule has 0 atom stereocenters. The Morgan fingerprint density at radius 3 is 3.00 bits per heavy atom. The molecule has 0 spiro atoms. The normalized spacial score (nSPS) is 15.1. The molecule has 2 aromatic rings. The van der Waals surface area contributed by atoms with Crippen LogP contribution in [0.1, 0.15) is 12.1 Å². The highest BCUT2D eigenvalue weighted by atomic mass is 16.3. The summed E-state index contributed by atoms with van der Waals surface area (Å²) in [5, 5.41) is 10.4. The second-order valence-corrected chi connectivity index (χ2v) is 3.99. The Morgan fingerprint density at radius 2 is 2.13 bits per heavy atom. The molecule has 2 heterocycles. The Kier molecular flexibility index (Phi) is 1.89. The molecule has 0 saturated heterocycles. The fraction of sp³-hybridized carbons (Fsp3) is 0.231. The Morgan fingerprint density at radius 1 is 1.27 bits per heavy atom. The van der Waals surface area contributed by atoms with Crippen LogP contribution in [0.15, 0.2) is 35.9 Å². The van der Waals surface area contributed by atoms with E-state index in [-0.39, 0.29) is 6.61 Å². The van der Waals surface area contributed by atoms with Gasteiger partial charge in [-0.3, -0.25) is 0 Å². The zero-order valence-corrected chi connectivity index (χ0v) is 8.48. The van der Waals surface area contributed by atoms with Gasteiger partial charge in [0.1, 0.15) is 0 Å². The number of hydrogen-bond donors (Lipinski definition) is 1. The highest BCUT2D eigenvalue weighted by Crippen LogP contribution is 2.26. The van der Waals surface area contributed by atoms with E-state index in [4.69, 9.17) is 5.11 Å². The fourth-order valence-electron chi connectivity index (χ4n) is 2.26. The lowest BCUT2D eigenvalue weighted by Gasteiger charge is -2.15. The molecule has 3 rings (SSSR count). The van der Waals surface area contributed by atoms with Crippen molar-refractivity contribution in [3.63, 3.8) is 0 Å². The van der Waals surface area contributed by atoms with Crippen LogP contribution in [0.4, 0.5) is 0 Å². The van der Waals surface area contributed by atoms with Gasteiger partial charge in [-0.1, -0.05) is 18.2 Å². The lowest BCUT2D eigenvalue weighted by molar-refractivity contribution is 0.325. The van der Waals surface area contributed by atoms with Crippen LogP contribution in [-0.4, -0.2) is 16.3 Å². The summed E-state index contributed by atoms with van der Waals surface area (Å²) in [4.78, 5) is 0. The lowest BCUT2D eigenvalue weighted by Crippen LogP contribution is -2.08. The molecule has 0 saturated carbocycles. The van der Waals surface area contributed by atoms with Gasteiger partial charge in [0.25, 0.3) is 0 Å². The lowest BCUT2D eigenvalue weighted by atomic mass is 10.1. The zero-order chi connectivity index (χ0) is 10.3. The number of nitrogens with zero attached hydrogens (tertiary/aromatic N) is 1. The van der Waals surface area contributed by atoms with Crippen molar-refractivity contribution >= 4 is 17.0 Å². The van der Waals surface area contributed by atoms with Crippen molar-refractivity contribution in [3.8, 4) is 0 Å². The van der Waals surface area contributed by atoms with Gasteiger partial charge in [0.2, 0.25) is 0 Å². The van der Waals surface area contributed by atoms with Gasteiger partial charge in [-0.15, -0.1) is 0 Å². The molecule has 1 aromatic carbocycles. The third-order valence-electron chi connectivity index (χ3n) is 3.05. The number of aliphatic hydroxyl groups is 1. The highest BCUT2D eigenvalue weighted by Gasteiger charge is 2.12. The number of aromatic nitrogens is 1. The Balaban J connectivity index is 2.24. The first-order valence-electron chi connectivity index (χ1n) is 5.27. The second-order valence-electron chi connectivity index (χ2n) is 3.99. The SMILES string of the molecule is OCC1=Cc2cc3ccccc3n2CC1. The quantitative estimate of drug-likeness (QED) is 0.749. The third kappa shape index (κ3) is 1.29. The first kappa shape index (κ1) is 8.74. The summed E-state index contributed by atoms with van der Waals surface area (Å²) in [5.74, 6) is 0. The molecule has 15 heavy (non-hydrogen) atoms. The molecule has 1 aliphatic heterocycles. The standard InChI is InChI=1S/C13H13NO/c15-9-10-5-6-14-12(7-10)8-11-3-1-2-4-13(11)14/h1-4,7-8,15H,5-6,9H2. The van der Waals surface area contributed by atoms with Crippen molar-refractivity contribution in [2.45, 2.75) is 13.0 Å². The van der Waals surface area contributed by atoms with Crippen LogP contribution >= 0.6 is 0 Å². The average molecular weight is 199 g/mol. The van der Waals surface area contributed by atoms with Gasteiger partial charge in [0.15, 0.2) is 0 Å². The van der Waals surface area contributed by atoms with Crippen LogP contribution < -0.4 is 0 Å². The van der Waals surface area contributed by atoms with Crippen molar-refractivity contribution in [1.29, 1.82) is 0 Å². The van der Waals surface area contributed by atoms with E-state index in [1.165, 1.54) is 16.6 Å². The van der Waals surface area contributed by atoms with Crippen molar-refractivity contribution in [2.24, 2.45) is 0 Å². The van der Waals surface area contributed by atoms with Gasteiger partial charge in [-0.25, -0.2) is 0 Å². The summed E-state index contributed by atoms with van der Waals surface area (Å²) in [6, 6.07) is 10.6. The number of aryl methyl sites for hydroxylation is 1. The molecule has 1 N–H and O–H groups in total. The summed E-state index contributed by atoms with van der Waals surface area (Å²) in [6.07, 6.45) is 3.06. The van der Waals surface area contributed by atoms with Crippen LogP contribution in [0.25, 0.3) is 17.0 Å². The molecule has 1 aliphatic rings. The largest absolute Gasteiger partial charge is 0.392 e. The Bertz CT molecular complexity index is 536. The number of rotatable bonds is 1. The Labute approximate surface area is 88.5 Å². The van der Waals surface area contributed by atoms with Crippen molar-refractivity contribution < 1.29 is 5.11 Å². The molecule has 0 fully saturated rings. The van der Waals surface area contributed by atoms with E-state index in [0.717, 1.165) is 18.5 Å². The second kappa shape index (κ2) is 3.24. The van der Waals surface area contributed by atoms with Crippen LogP contribution in [0.3, 0.4) is 0 Å². The third-order valence-corrected chi connectivity index (χ3v) is 3.05. The molecule has 2 nitrogen and oxygen atoms in total. The maximum absolute atomic E-state index is 9.11. The van der Waals surface area contributed by atoms with Crippen molar-refractivity contribution in [3.05, 3.63) is 41.6 Å². The van der Waals surface area contributed by atoms with Gasteiger partial charge in [-0.05, 0) is 30.2 Å². The molecule has 0 aliphatic carbocycles. The average Bonchev–Trinajstić information content (AvgIpc) is 2.66. The van der Waals surface area contributed by atoms with Gasteiger partial charge >= 0.3 is 0 Å². The Hall–Kier alpha value is -1.54. The van der Waals surface area contributed by atoms with Gasteiger partial charge in [0, 0.05) is 23.1 Å². The molecule has 0 amide bonds. The van der Waals surface area contributed by atoms with E-state index < -0.39 is 0 Å². The topological polar surface area (TPSA) is 25.2 Å². The van der Waals surface area contributed by atoms with E-state index in [1.54, 1.807) is 0 Å². The van der Waals surface area contributed by atoms with E-state index in [2.05, 4.69) is 41.0 Å². The van der Waals surface area contributed by atoms with Crippen molar-refractivity contribution in [1.82, 2.24) is 4.57 Å². The maximum atomic E-state index is 9.11. The van der Waals surface area contributed by atoms with Crippen molar-refractivity contribution in [2.75, 3.05) is 6.61 Å². The predicted octanol–water partition coefficient (Wildman–Crippen LogP) is 2.42. The smallest absolute Gasteiger partial charge is 0.0646 e. The molecular weight excluding hydrogens is 186 g/mol. The number of hydrogen-bond acceptors (Lipinski definition) is 1. The fourth-order valence-corrected chi connectivity index (χ4v) is 2.26.